The quantitative estimate of drug-likeness (QED) is 0.540. The molecular weight excluding hydrogens is 412 g/mol. The van der Waals surface area contributed by atoms with Gasteiger partial charge in [0.25, 0.3) is 5.91 Å². The van der Waals surface area contributed by atoms with E-state index in [-0.39, 0.29) is 23.1 Å². The highest BCUT2D eigenvalue weighted by Gasteiger charge is 2.18. The number of hydrogen-bond acceptors (Lipinski definition) is 4. The van der Waals surface area contributed by atoms with E-state index in [0.717, 1.165) is 5.56 Å². The number of amides is 1. The number of carbonyl (C=O) groups is 1. The van der Waals surface area contributed by atoms with Gasteiger partial charge < -0.3 is 9.73 Å². The van der Waals surface area contributed by atoms with Gasteiger partial charge in [-0.25, -0.2) is 13.1 Å². The fourth-order valence-corrected chi connectivity index (χ4v) is 4.94. The zero-order valence-corrected chi connectivity index (χ0v) is 18.0. The van der Waals surface area contributed by atoms with Gasteiger partial charge in [0.05, 0.1) is 11.2 Å². The van der Waals surface area contributed by atoms with Gasteiger partial charge in [0.1, 0.15) is 0 Å². The lowest BCUT2D eigenvalue weighted by molar-refractivity contribution is 0.0996. The van der Waals surface area contributed by atoms with E-state index in [4.69, 9.17) is 4.42 Å². The van der Waals surface area contributed by atoms with E-state index >= 15 is 0 Å². The van der Waals surface area contributed by atoms with Gasteiger partial charge in [0.2, 0.25) is 10.0 Å². The van der Waals surface area contributed by atoms with Crippen LogP contribution in [0.4, 0.5) is 5.69 Å². The van der Waals surface area contributed by atoms with Crippen molar-refractivity contribution in [1.29, 1.82) is 0 Å². The van der Waals surface area contributed by atoms with Gasteiger partial charge in [-0.3, -0.25) is 4.79 Å². The van der Waals surface area contributed by atoms with Crippen molar-refractivity contribution in [3.63, 3.8) is 0 Å². The SMILES string of the molecule is O=C(Nc1ccc(CNS(=O)(=O)c2ccc(C3CCCCC3)cc2)cc1)c1ccco1. The Labute approximate surface area is 182 Å². The van der Waals surface area contributed by atoms with Crippen molar-refractivity contribution in [1.82, 2.24) is 4.72 Å². The van der Waals surface area contributed by atoms with Gasteiger partial charge in [0, 0.05) is 12.2 Å². The maximum absolute atomic E-state index is 12.7. The summed E-state index contributed by atoms with van der Waals surface area (Å²) < 4.78 is 33.0. The predicted molar refractivity (Wildman–Crippen MR) is 119 cm³/mol. The number of benzene rings is 2. The summed E-state index contributed by atoms with van der Waals surface area (Å²) in [4.78, 5) is 12.3. The van der Waals surface area contributed by atoms with Gasteiger partial charge in [0.15, 0.2) is 5.76 Å². The molecule has 1 heterocycles. The monoisotopic (exact) mass is 438 g/mol. The molecule has 7 heteroatoms. The number of carbonyl (C=O) groups excluding carboxylic acids is 1. The average molecular weight is 439 g/mol. The fraction of sp³-hybridized carbons (Fsp3) is 0.292. The van der Waals surface area contributed by atoms with Gasteiger partial charge in [-0.15, -0.1) is 0 Å². The van der Waals surface area contributed by atoms with Crippen LogP contribution in [0, 0.1) is 0 Å². The first-order valence-corrected chi connectivity index (χ1v) is 12.0. The lowest BCUT2D eigenvalue weighted by Gasteiger charge is -2.22. The molecule has 4 rings (SSSR count). The van der Waals surface area contributed by atoms with Gasteiger partial charge in [-0.2, -0.15) is 0 Å². The summed E-state index contributed by atoms with van der Waals surface area (Å²) >= 11 is 0. The molecule has 0 saturated heterocycles. The predicted octanol–water partition coefficient (Wildman–Crippen LogP) is 5.06. The molecule has 3 aromatic rings. The molecule has 162 valence electrons. The summed E-state index contributed by atoms with van der Waals surface area (Å²) in [5, 5.41) is 2.73. The average Bonchev–Trinajstić information content (AvgIpc) is 3.35. The number of anilines is 1. The molecule has 2 aromatic carbocycles. The molecule has 0 bridgehead atoms. The van der Waals surface area contributed by atoms with Crippen molar-refractivity contribution in [2.75, 3.05) is 5.32 Å². The van der Waals surface area contributed by atoms with Crippen LogP contribution in [0.5, 0.6) is 0 Å². The summed E-state index contributed by atoms with van der Waals surface area (Å²) in [7, 11) is -3.60. The normalized spacial score (nSPS) is 15.0. The summed E-state index contributed by atoms with van der Waals surface area (Å²) in [5.41, 5.74) is 2.62. The van der Waals surface area contributed by atoms with Crippen molar-refractivity contribution in [3.8, 4) is 0 Å². The lowest BCUT2D eigenvalue weighted by atomic mass is 9.84. The van der Waals surface area contributed by atoms with E-state index in [0.29, 0.717) is 11.6 Å². The first-order valence-electron chi connectivity index (χ1n) is 10.5. The van der Waals surface area contributed by atoms with Crippen LogP contribution in [0.25, 0.3) is 0 Å². The van der Waals surface area contributed by atoms with Crippen LogP contribution in [0.2, 0.25) is 0 Å². The second kappa shape index (κ2) is 9.49. The van der Waals surface area contributed by atoms with Crippen LogP contribution in [-0.4, -0.2) is 14.3 Å². The van der Waals surface area contributed by atoms with E-state index < -0.39 is 10.0 Å². The zero-order chi connectivity index (χ0) is 21.7. The van der Waals surface area contributed by atoms with Crippen LogP contribution in [0.3, 0.4) is 0 Å². The van der Waals surface area contributed by atoms with Gasteiger partial charge >= 0.3 is 0 Å². The molecule has 2 N–H and O–H groups in total. The molecule has 1 saturated carbocycles. The van der Waals surface area contributed by atoms with E-state index in [1.807, 2.05) is 12.1 Å². The molecule has 0 spiro atoms. The van der Waals surface area contributed by atoms with E-state index in [1.165, 1.54) is 43.9 Å². The Bertz CT molecular complexity index is 1100. The van der Waals surface area contributed by atoms with Crippen molar-refractivity contribution < 1.29 is 17.6 Å². The number of nitrogens with one attached hydrogen (secondary N) is 2. The number of hydrogen-bond donors (Lipinski definition) is 2. The minimum Gasteiger partial charge on any atom is -0.459 e. The Balaban J connectivity index is 1.34. The molecule has 0 unspecified atom stereocenters. The molecular formula is C24H26N2O4S. The number of sulfonamides is 1. The Hall–Kier alpha value is -2.90. The molecule has 1 amide bonds. The molecule has 1 aromatic heterocycles. The van der Waals surface area contributed by atoms with Crippen molar-refractivity contribution in [2.45, 2.75) is 49.5 Å². The minimum atomic E-state index is -3.60. The van der Waals surface area contributed by atoms with Crippen LogP contribution in [-0.2, 0) is 16.6 Å². The first-order chi connectivity index (χ1) is 15.0. The second-order valence-electron chi connectivity index (χ2n) is 7.86. The van der Waals surface area contributed by atoms with Crippen molar-refractivity contribution in [3.05, 3.63) is 83.8 Å². The van der Waals surface area contributed by atoms with Gasteiger partial charge in [-0.1, -0.05) is 43.5 Å². The van der Waals surface area contributed by atoms with Crippen molar-refractivity contribution >= 4 is 21.6 Å². The van der Waals surface area contributed by atoms with Crippen LogP contribution in [0.1, 0.15) is 59.7 Å². The molecule has 1 aliphatic carbocycles. The third-order valence-corrected chi connectivity index (χ3v) is 7.11. The van der Waals surface area contributed by atoms with E-state index in [9.17, 15) is 13.2 Å². The highest BCUT2D eigenvalue weighted by Crippen LogP contribution is 2.32. The highest BCUT2D eigenvalue weighted by atomic mass is 32.2. The fourth-order valence-electron chi connectivity index (χ4n) is 3.92. The molecule has 0 radical (unpaired) electrons. The molecule has 0 aliphatic heterocycles. The Kier molecular flexibility index (Phi) is 6.53. The highest BCUT2D eigenvalue weighted by molar-refractivity contribution is 7.89. The summed E-state index contributed by atoms with van der Waals surface area (Å²) in [6, 6.07) is 17.5. The smallest absolute Gasteiger partial charge is 0.291 e. The Morgan fingerprint density at radius 2 is 1.65 bits per heavy atom. The third kappa shape index (κ3) is 5.42. The minimum absolute atomic E-state index is 0.166. The maximum Gasteiger partial charge on any atom is 0.291 e. The number of furan rings is 1. The molecule has 1 aliphatic rings. The molecule has 6 nitrogen and oxygen atoms in total. The third-order valence-electron chi connectivity index (χ3n) is 5.69. The number of rotatable bonds is 7. The Morgan fingerprint density at radius 3 is 2.29 bits per heavy atom. The summed E-state index contributed by atoms with van der Waals surface area (Å²) in [5.74, 6) is 0.437. The van der Waals surface area contributed by atoms with E-state index in [2.05, 4.69) is 10.0 Å². The van der Waals surface area contributed by atoms with E-state index in [1.54, 1.807) is 48.5 Å². The van der Waals surface area contributed by atoms with Gasteiger partial charge in [-0.05, 0) is 66.3 Å². The second-order valence-corrected chi connectivity index (χ2v) is 9.62. The molecule has 31 heavy (non-hydrogen) atoms. The van der Waals surface area contributed by atoms with Crippen LogP contribution >= 0.6 is 0 Å². The Morgan fingerprint density at radius 1 is 0.935 bits per heavy atom. The van der Waals surface area contributed by atoms with Crippen LogP contribution < -0.4 is 10.0 Å². The molecule has 0 atom stereocenters. The zero-order valence-electron chi connectivity index (χ0n) is 17.2. The topological polar surface area (TPSA) is 88.4 Å². The summed E-state index contributed by atoms with van der Waals surface area (Å²) in [6.07, 6.45) is 7.59. The maximum atomic E-state index is 12.7. The summed E-state index contributed by atoms with van der Waals surface area (Å²) in [6.45, 7) is 0.166. The first kappa shape index (κ1) is 21.3. The van der Waals surface area contributed by atoms with Crippen LogP contribution in [0.15, 0.2) is 76.2 Å². The standard InChI is InChI=1S/C24H26N2O4S/c27-24(23-7-4-16-30-23)26-21-12-8-18(9-13-21)17-25-31(28,29)22-14-10-20(11-15-22)19-5-2-1-3-6-19/h4,7-16,19,25H,1-3,5-6,17H2,(H,26,27). The van der Waals surface area contributed by atoms with Crippen molar-refractivity contribution in [2.24, 2.45) is 0 Å². The lowest BCUT2D eigenvalue weighted by Crippen LogP contribution is -2.23. The molecule has 1 fully saturated rings. The largest absolute Gasteiger partial charge is 0.459 e.